The van der Waals surface area contributed by atoms with E-state index >= 15 is 0 Å². The molecule has 1 fully saturated rings. The number of carbonyl (C=O) groups is 1. The van der Waals surface area contributed by atoms with Gasteiger partial charge in [0, 0.05) is 12.6 Å². The van der Waals surface area contributed by atoms with Crippen LogP contribution in [0.5, 0.6) is 0 Å². The van der Waals surface area contributed by atoms with Gasteiger partial charge in [-0.3, -0.25) is 4.79 Å². The third-order valence-corrected chi connectivity index (χ3v) is 3.36. The molecule has 5 nitrogen and oxygen atoms in total. The fourth-order valence-corrected chi connectivity index (χ4v) is 2.27. The maximum absolute atomic E-state index is 12.5. The first-order valence-electron chi connectivity index (χ1n) is 6.18. The highest BCUT2D eigenvalue weighted by Gasteiger charge is 2.34. The molecule has 1 saturated carbocycles. The van der Waals surface area contributed by atoms with Crippen molar-refractivity contribution in [1.29, 1.82) is 0 Å². The molecule has 1 amide bonds. The molecule has 1 aromatic rings. The Morgan fingerprint density at radius 3 is 3.22 bits per heavy atom. The average molecular weight is 245 g/mol. The normalized spacial score (nSPS) is 17.9. The second-order valence-corrected chi connectivity index (χ2v) is 4.63. The number of hydrogen-bond donors (Lipinski definition) is 0. The fourth-order valence-electron chi connectivity index (χ4n) is 2.27. The number of amides is 1. The summed E-state index contributed by atoms with van der Waals surface area (Å²) in [6.07, 6.45) is 9.08. The van der Waals surface area contributed by atoms with E-state index in [9.17, 15) is 4.79 Å². The van der Waals surface area contributed by atoms with Gasteiger partial charge in [-0.05, 0) is 12.8 Å². The lowest BCUT2D eigenvalue weighted by Gasteiger charge is -2.22. The molecule has 2 aliphatic rings. The van der Waals surface area contributed by atoms with Crippen molar-refractivity contribution in [2.24, 2.45) is 0 Å². The molecule has 2 heterocycles. The molecule has 3 rings (SSSR count). The molecule has 0 spiro atoms. The van der Waals surface area contributed by atoms with E-state index < -0.39 is 0 Å². The first-order chi connectivity index (χ1) is 8.81. The summed E-state index contributed by atoms with van der Waals surface area (Å²) in [5.41, 5.74) is 0.635. The number of aromatic nitrogens is 2. The smallest absolute Gasteiger partial charge is 0.273 e. The number of rotatable bonds is 3. The zero-order chi connectivity index (χ0) is 12.5. The quantitative estimate of drug-likeness (QED) is 0.735. The summed E-state index contributed by atoms with van der Waals surface area (Å²) in [5, 5.41) is 0. The molecule has 0 bridgehead atoms. The minimum atomic E-state index is -0.00361. The van der Waals surface area contributed by atoms with Gasteiger partial charge in [0.05, 0.1) is 19.3 Å². The lowest BCUT2D eigenvalue weighted by atomic mass is 10.3. The maximum atomic E-state index is 12.5. The molecule has 0 unspecified atom stereocenters. The van der Waals surface area contributed by atoms with Gasteiger partial charge in [-0.15, -0.1) is 6.42 Å². The molecule has 0 N–H and O–H groups in total. The standard InChI is InChI=1S/C13H15N3O2/c1-2-5-15(10-3-4-10)13(17)11-8-14-12-9-18-7-6-16(11)12/h1,8,10H,3-7,9H2. The third-order valence-electron chi connectivity index (χ3n) is 3.36. The summed E-state index contributed by atoms with van der Waals surface area (Å²) in [7, 11) is 0. The molecule has 18 heavy (non-hydrogen) atoms. The molecule has 94 valence electrons. The number of nitrogens with zero attached hydrogens (tertiary/aromatic N) is 3. The van der Waals surface area contributed by atoms with Crippen LogP contribution in [0.3, 0.4) is 0 Å². The predicted octanol–water partition coefficient (Wildman–Crippen LogP) is 0.651. The Labute approximate surface area is 106 Å². The van der Waals surface area contributed by atoms with Gasteiger partial charge in [0.2, 0.25) is 0 Å². The van der Waals surface area contributed by atoms with Crippen molar-refractivity contribution in [2.75, 3.05) is 13.2 Å². The molecule has 0 aromatic carbocycles. The molecule has 0 saturated heterocycles. The molecule has 0 atom stereocenters. The Morgan fingerprint density at radius 1 is 1.67 bits per heavy atom. The second kappa shape index (κ2) is 4.46. The van der Waals surface area contributed by atoms with Crippen LogP contribution in [0.2, 0.25) is 0 Å². The minimum absolute atomic E-state index is 0.00361. The van der Waals surface area contributed by atoms with E-state index in [1.165, 1.54) is 0 Å². The van der Waals surface area contributed by atoms with Crippen molar-refractivity contribution in [3.05, 3.63) is 17.7 Å². The zero-order valence-corrected chi connectivity index (χ0v) is 10.1. The number of imidazole rings is 1. The van der Waals surface area contributed by atoms with Gasteiger partial charge in [-0.25, -0.2) is 4.98 Å². The van der Waals surface area contributed by atoms with E-state index in [4.69, 9.17) is 11.2 Å². The van der Waals surface area contributed by atoms with Crippen molar-refractivity contribution in [3.8, 4) is 12.3 Å². The van der Waals surface area contributed by atoms with Gasteiger partial charge in [-0.2, -0.15) is 0 Å². The van der Waals surface area contributed by atoms with Crippen LogP contribution in [-0.2, 0) is 17.9 Å². The predicted molar refractivity (Wildman–Crippen MR) is 64.8 cm³/mol. The maximum Gasteiger partial charge on any atom is 0.273 e. The molecule has 1 aliphatic carbocycles. The highest BCUT2D eigenvalue weighted by atomic mass is 16.5. The number of ether oxygens (including phenoxy) is 1. The highest BCUT2D eigenvalue weighted by molar-refractivity contribution is 5.93. The van der Waals surface area contributed by atoms with Gasteiger partial charge in [0.1, 0.15) is 18.1 Å². The lowest BCUT2D eigenvalue weighted by molar-refractivity contribution is 0.0695. The monoisotopic (exact) mass is 245 g/mol. The van der Waals surface area contributed by atoms with Crippen LogP contribution in [0.4, 0.5) is 0 Å². The topological polar surface area (TPSA) is 47.4 Å². The Hall–Kier alpha value is -1.80. The summed E-state index contributed by atoms with van der Waals surface area (Å²) in [5.74, 6) is 3.38. The Morgan fingerprint density at radius 2 is 2.50 bits per heavy atom. The average Bonchev–Trinajstić information content (AvgIpc) is 3.14. The fraction of sp³-hybridized carbons (Fsp3) is 0.538. The number of hydrogen-bond acceptors (Lipinski definition) is 3. The van der Waals surface area contributed by atoms with Gasteiger partial charge in [0.15, 0.2) is 0 Å². The number of terminal acetylenes is 1. The van der Waals surface area contributed by atoms with E-state index in [-0.39, 0.29) is 5.91 Å². The van der Waals surface area contributed by atoms with Crippen LogP contribution < -0.4 is 0 Å². The molecule has 1 aromatic heterocycles. The molecule has 5 heteroatoms. The number of fused-ring (bicyclic) bond motifs is 1. The molecular formula is C13H15N3O2. The van der Waals surface area contributed by atoms with Crippen molar-refractivity contribution in [2.45, 2.75) is 32.0 Å². The van der Waals surface area contributed by atoms with Gasteiger partial charge < -0.3 is 14.2 Å². The Bertz CT molecular complexity index is 511. The zero-order valence-electron chi connectivity index (χ0n) is 10.1. The second-order valence-electron chi connectivity index (χ2n) is 4.63. The van der Waals surface area contributed by atoms with Crippen LogP contribution in [0.25, 0.3) is 0 Å². The molecule has 0 radical (unpaired) electrons. The van der Waals surface area contributed by atoms with Crippen LogP contribution in [0.15, 0.2) is 6.20 Å². The molecule has 1 aliphatic heterocycles. The summed E-state index contributed by atoms with van der Waals surface area (Å²) < 4.78 is 7.26. The summed E-state index contributed by atoms with van der Waals surface area (Å²) in [4.78, 5) is 18.5. The SMILES string of the molecule is C#CCN(C(=O)c1cnc2n1CCOC2)C1CC1. The highest BCUT2D eigenvalue weighted by Crippen LogP contribution is 2.28. The van der Waals surface area contributed by atoms with E-state index in [2.05, 4.69) is 10.9 Å². The van der Waals surface area contributed by atoms with E-state index in [0.717, 1.165) is 18.7 Å². The van der Waals surface area contributed by atoms with Crippen LogP contribution >= 0.6 is 0 Å². The van der Waals surface area contributed by atoms with Crippen LogP contribution in [0, 0.1) is 12.3 Å². The van der Waals surface area contributed by atoms with Gasteiger partial charge >= 0.3 is 0 Å². The van der Waals surface area contributed by atoms with Crippen molar-refractivity contribution in [1.82, 2.24) is 14.5 Å². The van der Waals surface area contributed by atoms with Crippen molar-refractivity contribution in [3.63, 3.8) is 0 Å². The lowest BCUT2D eigenvalue weighted by Crippen LogP contribution is -2.35. The summed E-state index contributed by atoms with van der Waals surface area (Å²) in [6.45, 7) is 2.17. The third kappa shape index (κ3) is 1.89. The largest absolute Gasteiger partial charge is 0.372 e. The van der Waals surface area contributed by atoms with Crippen LogP contribution in [-0.4, -0.2) is 39.6 Å². The summed E-state index contributed by atoms with van der Waals surface area (Å²) >= 11 is 0. The summed E-state index contributed by atoms with van der Waals surface area (Å²) in [6, 6.07) is 0.319. The first-order valence-corrected chi connectivity index (χ1v) is 6.18. The number of carbonyl (C=O) groups excluding carboxylic acids is 1. The van der Waals surface area contributed by atoms with Crippen molar-refractivity contribution < 1.29 is 9.53 Å². The first kappa shape index (κ1) is 11.3. The van der Waals surface area contributed by atoms with E-state index in [1.807, 2.05) is 4.57 Å². The Balaban J connectivity index is 1.87. The molecular weight excluding hydrogens is 230 g/mol. The minimum Gasteiger partial charge on any atom is -0.372 e. The van der Waals surface area contributed by atoms with E-state index in [0.29, 0.717) is 38.0 Å². The van der Waals surface area contributed by atoms with Gasteiger partial charge in [-0.1, -0.05) is 5.92 Å². The van der Waals surface area contributed by atoms with Crippen LogP contribution in [0.1, 0.15) is 29.2 Å². The van der Waals surface area contributed by atoms with Gasteiger partial charge in [0.25, 0.3) is 5.91 Å². The Kier molecular flexibility index (Phi) is 2.80. The van der Waals surface area contributed by atoms with Crippen molar-refractivity contribution >= 4 is 5.91 Å². The van der Waals surface area contributed by atoms with E-state index in [1.54, 1.807) is 11.1 Å².